The standard InChI is InChI=1S/C18H30N6O3/c1-23-12-20-22-16(23)5-6-19-18(27)13-9-14(15(25)10-13)21-17(26)11-24-7-3-2-4-8-24/h12-15,25H,2-11H2,1H3,(H,19,27)(H,21,26)/t13-,14+,15+/m0/s1. The maximum Gasteiger partial charge on any atom is 0.234 e. The third-order valence-corrected chi connectivity index (χ3v) is 5.51. The van der Waals surface area contributed by atoms with Crippen molar-refractivity contribution in [2.75, 3.05) is 26.2 Å². The van der Waals surface area contributed by atoms with Gasteiger partial charge in [-0.3, -0.25) is 14.5 Å². The molecule has 2 amide bonds. The first-order valence-electron chi connectivity index (χ1n) is 9.83. The summed E-state index contributed by atoms with van der Waals surface area (Å²) in [5, 5.41) is 23.9. The fraction of sp³-hybridized carbons (Fsp3) is 0.778. The monoisotopic (exact) mass is 378 g/mol. The Labute approximate surface area is 159 Å². The number of nitrogens with one attached hydrogen (secondary N) is 2. The fourth-order valence-electron chi connectivity index (χ4n) is 3.93. The molecule has 3 N–H and O–H groups in total. The molecule has 150 valence electrons. The molecule has 3 rings (SSSR count). The summed E-state index contributed by atoms with van der Waals surface area (Å²) in [5.74, 6) is 0.387. The van der Waals surface area contributed by atoms with Gasteiger partial charge in [-0.15, -0.1) is 10.2 Å². The summed E-state index contributed by atoms with van der Waals surface area (Å²) in [4.78, 5) is 26.8. The molecular formula is C18H30N6O3. The Bertz CT molecular complexity index is 643. The van der Waals surface area contributed by atoms with Crippen LogP contribution < -0.4 is 10.6 Å². The molecule has 1 saturated carbocycles. The van der Waals surface area contributed by atoms with Gasteiger partial charge in [0.2, 0.25) is 11.8 Å². The van der Waals surface area contributed by atoms with Crippen LogP contribution in [-0.4, -0.2) is 74.9 Å². The van der Waals surface area contributed by atoms with E-state index in [9.17, 15) is 14.7 Å². The minimum absolute atomic E-state index is 0.0655. The normalized spacial score (nSPS) is 26.1. The van der Waals surface area contributed by atoms with Crippen molar-refractivity contribution in [2.45, 2.75) is 50.7 Å². The van der Waals surface area contributed by atoms with Crippen LogP contribution in [0.25, 0.3) is 0 Å². The molecule has 27 heavy (non-hydrogen) atoms. The smallest absolute Gasteiger partial charge is 0.234 e. The lowest BCUT2D eigenvalue weighted by Gasteiger charge is -2.26. The van der Waals surface area contributed by atoms with Gasteiger partial charge in [0.1, 0.15) is 12.2 Å². The van der Waals surface area contributed by atoms with Crippen molar-refractivity contribution in [1.82, 2.24) is 30.3 Å². The largest absolute Gasteiger partial charge is 0.391 e. The molecule has 2 heterocycles. The first kappa shape index (κ1) is 19.8. The number of piperidine rings is 1. The lowest BCUT2D eigenvalue weighted by Crippen LogP contribution is -2.46. The van der Waals surface area contributed by atoms with Crippen LogP contribution in [0.1, 0.15) is 37.9 Å². The van der Waals surface area contributed by atoms with Crippen LogP contribution in [0.5, 0.6) is 0 Å². The Kier molecular flexibility index (Phi) is 6.78. The van der Waals surface area contributed by atoms with E-state index < -0.39 is 6.10 Å². The molecule has 1 aromatic heterocycles. The van der Waals surface area contributed by atoms with Crippen LogP contribution in [0.4, 0.5) is 0 Å². The van der Waals surface area contributed by atoms with Gasteiger partial charge in [-0.25, -0.2) is 0 Å². The molecule has 0 spiro atoms. The molecule has 2 fully saturated rings. The molecule has 1 aliphatic carbocycles. The number of likely N-dealkylation sites (tertiary alicyclic amines) is 1. The minimum atomic E-state index is -0.676. The zero-order valence-electron chi connectivity index (χ0n) is 15.9. The summed E-state index contributed by atoms with van der Waals surface area (Å²) >= 11 is 0. The van der Waals surface area contributed by atoms with Gasteiger partial charge in [-0.1, -0.05) is 6.42 Å². The van der Waals surface area contributed by atoms with Crippen LogP contribution in [0, 0.1) is 5.92 Å². The minimum Gasteiger partial charge on any atom is -0.391 e. The lowest BCUT2D eigenvalue weighted by molar-refractivity contribution is -0.125. The maximum atomic E-state index is 12.4. The zero-order chi connectivity index (χ0) is 19.2. The van der Waals surface area contributed by atoms with Gasteiger partial charge in [0.15, 0.2) is 0 Å². The Balaban J connectivity index is 1.39. The molecule has 3 atom stereocenters. The van der Waals surface area contributed by atoms with Crippen LogP contribution in [0.2, 0.25) is 0 Å². The maximum absolute atomic E-state index is 12.4. The van der Waals surface area contributed by atoms with Crippen LogP contribution in [-0.2, 0) is 23.1 Å². The average Bonchev–Trinajstić information content (AvgIpc) is 3.22. The van der Waals surface area contributed by atoms with E-state index in [2.05, 4.69) is 25.7 Å². The molecule has 1 aliphatic heterocycles. The van der Waals surface area contributed by atoms with Gasteiger partial charge in [-0.2, -0.15) is 0 Å². The van der Waals surface area contributed by atoms with Gasteiger partial charge in [0, 0.05) is 25.9 Å². The van der Waals surface area contributed by atoms with Crippen LogP contribution in [0.15, 0.2) is 6.33 Å². The van der Waals surface area contributed by atoms with Gasteiger partial charge in [0.05, 0.1) is 18.7 Å². The van der Waals surface area contributed by atoms with Crippen molar-refractivity contribution in [2.24, 2.45) is 13.0 Å². The highest BCUT2D eigenvalue weighted by molar-refractivity contribution is 5.80. The molecule has 1 saturated heterocycles. The van der Waals surface area contributed by atoms with Crippen molar-refractivity contribution >= 4 is 11.8 Å². The second kappa shape index (κ2) is 9.27. The summed E-state index contributed by atoms with van der Waals surface area (Å²) in [6, 6.07) is -0.350. The van der Waals surface area contributed by atoms with E-state index in [1.165, 1.54) is 6.42 Å². The van der Waals surface area contributed by atoms with E-state index >= 15 is 0 Å². The summed E-state index contributed by atoms with van der Waals surface area (Å²) in [6.07, 6.45) is 5.91. The van der Waals surface area contributed by atoms with E-state index in [0.29, 0.717) is 32.4 Å². The highest BCUT2D eigenvalue weighted by Crippen LogP contribution is 2.26. The number of aromatic nitrogens is 3. The summed E-state index contributed by atoms with van der Waals surface area (Å²) < 4.78 is 1.82. The Morgan fingerprint density at radius 3 is 2.74 bits per heavy atom. The van der Waals surface area contributed by atoms with Crippen molar-refractivity contribution in [3.63, 3.8) is 0 Å². The molecule has 0 unspecified atom stereocenters. The quantitative estimate of drug-likeness (QED) is 0.574. The number of hydrogen-bond acceptors (Lipinski definition) is 6. The third-order valence-electron chi connectivity index (χ3n) is 5.51. The van der Waals surface area contributed by atoms with Crippen molar-refractivity contribution in [3.05, 3.63) is 12.2 Å². The molecule has 0 bridgehead atoms. The predicted molar refractivity (Wildman–Crippen MR) is 98.7 cm³/mol. The highest BCUT2D eigenvalue weighted by Gasteiger charge is 2.37. The molecule has 0 radical (unpaired) electrons. The number of carbonyl (C=O) groups is 2. The zero-order valence-corrected chi connectivity index (χ0v) is 15.9. The van der Waals surface area contributed by atoms with Crippen molar-refractivity contribution in [1.29, 1.82) is 0 Å². The number of aryl methyl sites for hydroxylation is 1. The number of amides is 2. The van der Waals surface area contributed by atoms with Crippen molar-refractivity contribution < 1.29 is 14.7 Å². The number of aliphatic hydroxyl groups is 1. The van der Waals surface area contributed by atoms with E-state index in [4.69, 9.17) is 0 Å². The lowest BCUT2D eigenvalue weighted by atomic mass is 10.1. The first-order chi connectivity index (χ1) is 13.0. The van der Waals surface area contributed by atoms with Crippen LogP contribution >= 0.6 is 0 Å². The number of hydrogen-bond donors (Lipinski definition) is 3. The van der Waals surface area contributed by atoms with E-state index in [0.717, 1.165) is 31.8 Å². The number of rotatable bonds is 7. The van der Waals surface area contributed by atoms with Gasteiger partial charge < -0.3 is 20.3 Å². The predicted octanol–water partition coefficient (Wildman–Crippen LogP) is -0.785. The van der Waals surface area contributed by atoms with E-state index in [1.54, 1.807) is 6.33 Å². The second-order valence-corrected chi connectivity index (χ2v) is 7.65. The Hall–Kier alpha value is -2.00. The average molecular weight is 378 g/mol. The Morgan fingerprint density at radius 1 is 1.26 bits per heavy atom. The Morgan fingerprint density at radius 2 is 2.04 bits per heavy atom. The second-order valence-electron chi connectivity index (χ2n) is 7.65. The highest BCUT2D eigenvalue weighted by atomic mass is 16.3. The van der Waals surface area contributed by atoms with Gasteiger partial charge in [-0.05, 0) is 38.8 Å². The summed E-state index contributed by atoms with van der Waals surface area (Å²) in [6.45, 7) is 2.76. The van der Waals surface area contributed by atoms with Crippen LogP contribution in [0.3, 0.4) is 0 Å². The summed E-state index contributed by atoms with van der Waals surface area (Å²) in [7, 11) is 1.86. The number of carbonyl (C=O) groups excluding carboxylic acids is 2. The molecule has 9 nitrogen and oxygen atoms in total. The SMILES string of the molecule is Cn1cnnc1CCNC(=O)[C@@H]1C[C@@H](O)[C@H](NC(=O)CN2CCCCC2)C1. The third kappa shape index (κ3) is 5.49. The number of aliphatic hydroxyl groups excluding tert-OH is 1. The number of nitrogens with zero attached hydrogens (tertiary/aromatic N) is 4. The van der Waals surface area contributed by atoms with E-state index in [-0.39, 0.29) is 23.8 Å². The molecule has 2 aliphatic rings. The molecule has 9 heteroatoms. The molecular weight excluding hydrogens is 348 g/mol. The van der Waals surface area contributed by atoms with Gasteiger partial charge >= 0.3 is 0 Å². The summed E-state index contributed by atoms with van der Waals surface area (Å²) in [5.41, 5.74) is 0. The first-order valence-corrected chi connectivity index (χ1v) is 9.83. The molecule has 0 aromatic carbocycles. The molecule has 1 aromatic rings. The van der Waals surface area contributed by atoms with Crippen molar-refractivity contribution in [3.8, 4) is 0 Å². The topological polar surface area (TPSA) is 112 Å². The van der Waals surface area contributed by atoms with E-state index in [1.807, 2.05) is 11.6 Å². The fourth-order valence-corrected chi connectivity index (χ4v) is 3.93. The van der Waals surface area contributed by atoms with Gasteiger partial charge in [0.25, 0.3) is 0 Å².